The number of pyridine rings is 1. The second-order valence-corrected chi connectivity index (χ2v) is 4.90. The van der Waals surface area contributed by atoms with Crippen LogP contribution in [0.5, 0.6) is 0 Å². The van der Waals surface area contributed by atoms with Crippen molar-refractivity contribution >= 4 is 27.6 Å². The molecule has 0 amide bonds. The zero-order valence-electron chi connectivity index (χ0n) is 10.2. The number of aryl methyl sites for hydroxylation is 1. The summed E-state index contributed by atoms with van der Waals surface area (Å²) in [5.74, 6) is 1.06. The Bertz CT molecular complexity index is 422. The van der Waals surface area contributed by atoms with Crippen LogP contribution in [-0.2, 0) is 0 Å². The van der Waals surface area contributed by atoms with Crippen LogP contribution in [0.1, 0.15) is 12.6 Å². The summed E-state index contributed by atoms with van der Waals surface area (Å²) in [4.78, 5) is 6.42. The average molecular weight is 301 g/mol. The highest BCUT2D eigenvalue weighted by Gasteiger charge is 2.12. The van der Waals surface area contributed by atoms with Gasteiger partial charge in [0.25, 0.3) is 0 Å². The third-order valence-electron chi connectivity index (χ3n) is 2.57. The lowest BCUT2D eigenvalue weighted by Crippen LogP contribution is -2.33. The number of oxime groups is 1. The maximum atomic E-state index is 8.59. The Balaban J connectivity index is 2.76. The van der Waals surface area contributed by atoms with E-state index in [4.69, 9.17) is 10.9 Å². The first-order valence-corrected chi connectivity index (χ1v) is 6.06. The molecule has 1 unspecified atom stereocenters. The number of halogens is 1. The number of aromatic nitrogens is 1. The lowest BCUT2D eigenvalue weighted by Gasteiger charge is -2.22. The molecule has 0 spiro atoms. The molecule has 0 saturated carbocycles. The van der Waals surface area contributed by atoms with Gasteiger partial charge in [-0.15, -0.1) is 0 Å². The molecule has 3 N–H and O–H groups in total. The van der Waals surface area contributed by atoms with E-state index in [1.165, 1.54) is 0 Å². The Morgan fingerprint density at radius 1 is 1.65 bits per heavy atom. The van der Waals surface area contributed by atoms with E-state index in [-0.39, 0.29) is 11.8 Å². The van der Waals surface area contributed by atoms with Gasteiger partial charge in [0, 0.05) is 24.0 Å². The second kappa shape index (κ2) is 5.86. The predicted octanol–water partition coefficient (Wildman–Crippen LogP) is 1.97. The van der Waals surface area contributed by atoms with Gasteiger partial charge in [-0.3, -0.25) is 0 Å². The fraction of sp³-hybridized carbons (Fsp3) is 0.455. The van der Waals surface area contributed by atoms with Gasteiger partial charge < -0.3 is 15.8 Å². The first-order valence-electron chi connectivity index (χ1n) is 5.27. The maximum absolute atomic E-state index is 8.59. The predicted molar refractivity (Wildman–Crippen MR) is 72.5 cm³/mol. The van der Waals surface area contributed by atoms with Crippen molar-refractivity contribution < 1.29 is 5.21 Å². The van der Waals surface area contributed by atoms with E-state index in [0.717, 1.165) is 16.0 Å². The van der Waals surface area contributed by atoms with E-state index in [9.17, 15) is 0 Å². The minimum Gasteiger partial charge on any atom is -0.409 e. The molecule has 5 nitrogen and oxygen atoms in total. The van der Waals surface area contributed by atoms with Gasteiger partial charge in [0.1, 0.15) is 11.7 Å². The van der Waals surface area contributed by atoms with Crippen LogP contribution >= 0.6 is 15.9 Å². The van der Waals surface area contributed by atoms with Crippen molar-refractivity contribution in [1.29, 1.82) is 0 Å². The Morgan fingerprint density at radius 3 is 2.82 bits per heavy atom. The van der Waals surface area contributed by atoms with Crippen molar-refractivity contribution in [3.63, 3.8) is 0 Å². The zero-order valence-corrected chi connectivity index (χ0v) is 11.8. The number of amidine groups is 1. The van der Waals surface area contributed by atoms with Crippen molar-refractivity contribution in [2.45, 2.75) is 13.8 Å². The molecule has 1 aromatic rings. The van der Waals surface area contributed by atoms with Crippen LogP contribution in [0.2, 0.25) is 0 Å². The van der Waals surface area contributed by atoms with E-state index in [1.807, 2.05) is 37.9 Å². The molecule has 1 heterocycles. The smallest absolute Gasteiger partial charge is 0.143 e. The maximum Gasteiger partial charge on any atom is 0.143 e. The van der Waals surface area contributed by atoms with Crippen molar-refractivity contribution in [3.05, 3.63) is 22.3 Å². The normalized spacial score (nSPS) is 13.5. The van der Waals surface area contributed by atoms with Gasteiger partial charge >= 0.3 is 0 Å². The number of hydrogen-bond donors (Lipinski definition) is 2. The molecular weight excluding hydrogens is 284 g/mol. The summed E-state index contributed by atoms with van der Waals surface area (Å²) in [5, 5.41) is 11.6. The van der Waals surface area contributed by atoms with Crippen molar-refractivity contribution in [1.82, 2.24) is 4.98 Å². The van der Waals surface area contributed by atoms with E-state index >= 15 is 0 Å². The third-order valence-corrected chi connectivity index (χ3v) is 3.40. The topological polar surface area (TPSA) is 74.7 Å². The Hall–Kier alpha value is -1.30. The Labute approximate surface area is 109 Å². The molecule has 1 aromatic heterocycles. The van der Waals surface area contributed by atoms with Crippen LogP contribution in [0, 0.1) is 12.8 Å². The fourth-order valence-corrected chi connectivity index (χ4v) is 1.66. The first kappa shape index (κ1) is 13.8. The summed E-state index contributed by atoms with van der Waals surface area (Å²) in [6.07, 6.45) is 0. The summed E-state index contributed by atoms with van der Waals surface area (Å²) in [5.41, 5.74) is 6.48. The van der Waals surface area contributed by atoms with Crippen molar-refractivity contribution in [3.8, 4) is 0 Å². The van der Waals surface area contributed by atoms with Gasteiger partial charge in [-0.05, 0) is 35.0 Å². The van der Waals surface area contributed by atoms with Gasteiger partial charge in [0.05, 0.1) is 5.69 Å². The third kappa shape index (κ3) is 3.59. The fourth-order valence-electron chi connectivity index (χ4n) is 1.44. The number of nitrogens with two attached hydrogens (primary N) is 1. The highest BCUT2D eigenvalue weighted by atomic mass is 79.9. The van der Waals surface area contributed by atoms with Gasteiger partial charge in [0.15, 0.2) is 0 Å². The van der Waals surface area contributed by atoms with Gasteiger partial charge in [-0.2, -0.15) is 0 Å². The molecule has 0 saturated heterocycles. The monoisotopic (exact) mass is 300 g/mol. The molecule has 0 fully saturated rings. The van der Waals surface area contributed by atoms with Crippen LogP contribution in [0.3, 0.4) is 0 Å². The molecule has 1 rings (SSSR count). The minimum absolute atomic E-state index is 0.0317. The van der Waals surface area contributed by atoms with E-state index in [2.05, 4.69) is 26.1 Å². The summed E-state index contributed by atoms with van der Waals surface area (Å²) >= 11 is 3.41. The number of rotatable bonds is 4. The van der Waals surface area contributed by atoms with E-state index in [1.54, 1.807) is 0 Å². The van der Waals surface area contributed by atoms with Crippen LogP contribution in [0.25, 0.3) is 0 Å². The summed E-state index contributed by atoms with van der Waals surface area (Å²) in [6, 6.07) is 3.89. The van der Waals surface area contributed by atoms with Crippen LogP contribution in [0.15, 0.2) is 21.8 Å². The quantitative estimate of drug-likeness (QED) is 0.386. The number of nitrogens with zero attached hydrogens (tertiary/aromatic N) is 3. The van der Waals surface area contributed by atoms with Crippen LogP contribution in [-0.4, -0.2) is 29.6 Å². The molecule has 0 bridgehead atoms. The lowest BCUT2D eigenvalue weighted by molar-refractivity contribution is 0.314. The lowest BCUT2D eigenvalue weighted by atomic mass is 10.1. The standard InChI is InChI=1S/C11H17BrN4O/c1-7(11(13)15-17)6-16(3)10-5-4-9(12)8(2)14-10/h4-5,7,17H,6H2,1-3H3,(H2,13,15). The minimum atomic E-state index is -0.0317. The average Bonchev–Trinajstić information content (AvgIpc) is 2.31. The molecule has 6 heteroatoms. The second-order valence-electron chi connectivity index (χ2n) is 4.04. The molecule has 0 aliphatic rings. The number of anilines is 1. The summed E-state index contributed by atoms with van der Waals surface area (Å²) in [6.45, 7) is 4.48. The summed E-state index contributed by atoms with van der Waals surface area (Å²) in [7, 11) is 1.93. The molecule has 1 atom stereocenters. The van der Waals surface area contributed by atoms with Crippen LogP contribution in [0.4, 0.5) is 5.82 Å². The molecule has 0 radical (unpaired) electrons. The molecule has 94 valence electrons. The first-order chi connectivity index (χ1) is 7.95. The molecule has 0 aliphatic heterocycles. The van der Waals surface area contributed by atoms with Gasteiger partial charge in [0.2, 0.25) is 0 Å². The van der Waals surface area contributed by atoms with Crippen molar-refractivity contribution in [2.24, 2.45) is 16.8 Å². The van der Waals surface area contributed by atoms with Crippen molar-refractivity contribution in [2.75, 3.05) is 18.5 Å². The highest BCUT2D eigenvalue weighted by molar-refractivity contribution is 9.10. The molecule has 0 aromatic carbocycles. The molecule has 0 aliphatic carbocycles. The zero-order chi connectivity index (χ0) is 13.0. The van der Waals surface area contributed by atoms with E-state index < -0.39 is 0 Å². The van der Waals surface area contributed by atoms with Gasteiger partial charge in [-0.25, -0.2) is 4.98 Å². The Kier molecular flexibility index (Phi) is 4.74. The Morgan fingerprint density at radius 2 is 2.29 bits per heavy atom. The summed E-state index contributed by atoms with van der Waals surface area (Å²) < 4.78 is 0.985. The van der Waals surface area contributed by atoms with Gasteiger partial charge in [-0.1, -0.05) is 12.1 Å². The largest absolute Gasteiger partial charge is 0.409 e. The SMILES string of the molecule is Cc1nc(N(C)CC(C)/C(N)=N/O)ccc1Br. The molecular formula is C11H17BrN4O. The molecule has 17 heavy (non-hydrogen) atoms. The number of hydrogen-bond acceptors (Lipinski definition) is 4. The highest BCUT2D eigenvalue weighted by Crippen LogP contribution is 2.18. The van der Waals surface area contributed by atoms with E-state index in [0.29, 0.717) is 6.54 Å². The van der Waals surface area contributed by atoms with Crippen LogP contribution < -0.4 is 10.6 Å².